The molecule has 0 bridgehead atoms. The van der Waals surface area contributed by atoms with E-state index in [9.17, 15) is 4.79 Å². The molecule has 0 unspecified atom stereocenters. The number of amides is 1. The van der Waals surface area contributed by atoms with Crippen LogP contribution in [0.2, 0.25) is 0 Å². The van der Waals surface area contributed by atoms with Crippen molar-refractivity contribution >= 4 is 5.91 Å². The summed E-state index contributed by atoms with van der Waals surface area (Å²) in [5.41, 5.74) is 3.00. The molecule has 6 heteroatoms. The van der Waals surface area contributed by atoms with E-state index in [1.807, 2.05) is 13.1 Å². The zero-order chi connectivity index (χ0) is 17.4. The van der Waals surface area contributed by atoms with Crippen molar-refractivity contribution < 1.29 is 9.53 Å². The third kappa shape index (κ3) is 2.48. The van der Waals surface area contributed by atoms with Crippen LogP contribution >= 0.6 is 0 Å². The molecule has 2 atom stereocenters. The topological polar surface area (TPSA) is 68.2 Å². The van der Waals surface area contributed by atoms with E-state index >= 15 is 0 Å². The number of rotatable bonds is 3. The summed E-state index contributed by atoms with van der Waals surface area (Å²) >= 11 is 0. The average molecular weight is 340 g/mol. The highest BCUT2D eigenvalue weighted by molar-refractivity contribution is 5.92. The second-order valence-electron chi connectivity index (χ2n) is 6.99. The van der Waals surface area contributed by atoms with Gasteiger partial charge in [0, 0.05) is 19.6 Å². The Morgan fingerprint density at radius 3 is 2.80 bits per heavy atom. The van der Waals surface area contributed by atoms with Gasteiger partial charge in [0.05, 0.1) is 24.7 Å². The molecular formula is C19H24N4O2. The summed E-state index contributed by atoms with van der Waals surface area (Å²) < 4.78 is 7.72. The zero-order valence-electron chi connectivity index (χ0n) is 14.7. The highest BCUT2D eigenvalue weighted by atomic mass is 16.5. The molecular weight excluding hydrogens is 316 g/mol. The van der Waals surface area contributed by atoms with Crippen LogP contribution in [0.4, 0.5) is 0 Å². The Morgan fingerprint density at radius 1 is 1.36 bits per heavy atom. The number of aromatic nitrogens is 2. The van der Waals surface area contributed by atoms with Crippen LogP contribution in [0.25, 0.3) is 0 Å². The standard InChI is InChI=1S/C19H24N4O2/c1-23-12-21-11-15(23)18(24)22-16-13-5-3-4-6-14(13)19(17(16)25-2)7-9-20-10-8-19/h3-6,11-12,16-17,20H,7-10H2,1-2H3,(H,22,24)/t16-,17+/m1/s1. The molecule has 4 rings (SSSR count). The maximum absolute atomic E-state index is 12.8. The van der Waals surface area contributed by atoms with Crippen LogP contribution in [0.5, 0.6) is 0 Å². The summed E-state index contributed by atoms with van der Waals surface area (Å²) in [5.74, 6) is -0.118. The quantitative estimate of drug-likeness (QED) is 0.889. The largest absolute Gasteiger partial charge is 0.378 e. The Morgan fingerprint density at radius 2 is 2.12 bits per heavy atom. The second kappa shape index (κ2) is 6.28. The number of piperidine rings is 1. The van der Waals surface area contributed by atoms with Crippen LogP contribution < -0.4 is 10.6 Å². The molecule has 2 aliphatic rings. The number of carbonyl (C=O) groups is 1. The van der Waals surface area contributed by atoms with Gasteiger partial charge in [-0.1, -0.05) is 24.3 Å². The van der Waals surface area contributed by atoms with Crippen LogP contribution in [0, 0.1) is 0 Å². The van der Waals surface area contributed by atoms with Gasteiger partial charge in [-0.3, -0.25) is 4.79 Å². The lowest BCUT2D eigenvalue weighted by atomic mass is 9.72. The van der Waals surface area contributed by atoms with E-state index in [4.69, 9.17) is 4.74 Å². The molecule has 1 aromatic heterocycles. The number of nitrogens with one attached hydrogen (secondary N) is 2. The van der Waals surface area contributed by atoms with Crippen molar-refractivity contribution in [1.29, 1.82) is 0 Å². The minimum Gasteiger partial charge on any atom is -0.378 e. The molecule has 132 valence electrons. The van der Waals surface area contributed by atoms with Gasteiger partial charge < -0.3 is 19.9 Å². The Hall–Kier alpha value is -2.18. The minimum absolute atomic E-state index is 0.0407. The van der Waals surface area contributed by atoms with Gasteiger partial charge in [-0.25, -0.2) is 4.98 Å². The van der Waals surface area contributed by atoms with Crippen molar-refractivity contribution in [2.24, 2.45) is 7.05 Å². The van der Waals surface area contributed by atoms with E-state index < -0.39 is 0 Å². The molecule has 1 spiro atoms. The van der Waals surface area contributed by atoms with Crippen molar-refractivity contribution in [1.82, 2.24) is 20.2 Å². The average Bonchev–Trinajstić information content (AvgIpc) is 3.17. The number of hydrogen-bond acceptors (Lipinski definition) is 4. The molecule has 1 aliphatic heterocycles. The number of ether oxygens (including phenoxy) is 1. The predicted octanol–water partition coefficient (Wildman–Crippen LogP) is 1.54. The first kappa shape index (κ1) is 16.3. The summed E-state index contributed by atoms with van der Waals surface area (Å²) in [4.78, 5) is 16.8. The SMILES string of the molecule is CO[C@H]1[C@H](NC(=O)c2cncn2C)c2ccccc2C12CCNCC2. The molecule has 1 aliphatic carbocycles. The normalized spacial score (nSPS) is 24.2. The molecule has 2 N–H and O–H groups in total. The van der Waals surface area contributed by atoms with Crippen LogP contribution in [-0.4, -0.2) is 41.8 Å². The van der Waals surface area contributed by atoms with Gasteiger partial charge >= 0.3 is 0 Å². The van der Waals surface area contributed by atoms with Crippen LogP contribution in [0.1, 0.15) is 40.5 Å². The van der Waals surface area contributed by atoms with Gasteiger partial charge in [0.25, 0.3) is 5.91 Å². The van der Waals surface area contributed by atoms with E-state index in [0.717, 1.165) is 25.9 Å². The lowest BCUT2D eigenvalue weighted by molar-refractivity contribution is 0.00389. The van der Waals surface area contributed by atoms with E-state index in [1.165, 1.54) is 11.1 Å². The summed E-state index contributed by atoms with van der Waals surface area (Å²) in [6, 6.07) is 8.28. The Kier molecular flexibility index (Phi) is 4.09. The number of hydrogen-bond donors (Lipinski definition) is 2. The van der Waals surface area contributed by atoms with E-state index in [0.29, 0.717) is 5.69 Å². The van der Waals surface area contributed by atoms with Crippen LogP contribution in [0.3, 0.4) is 0 Å². The molecule has 1 aromatic carbocycles. The van der Waals surface area contributed by atoms with Crippen LogP contribution in [0.15, 0.2) is 36.8 Å². The molecule has 25 heavy (non-hydrogen) atoms. The fourth-order valence-electron chi connectivity index (χ4n) is 4.59. The third-order valence-electron chi connectivity index (χ3n) is 5.77. The number of fused-ring (bicyclic) bond motifs is 2. The second-order valence-corrected chi connectivity index (χ2v) is 6.99. The van der Waals surface area contributed by atoms with Gasteiger partial charge in [-0.05, 0) is 37.1 Å². The smallest absolute Gasteiger partial charge is 0.270 e. The van der Waals surface area contributed by atoms with Gasteiger partial charge in [-0.15, -0.1) is 0 Å². The van der Waals surface area contributed by atoms with E-state index in [2.05, 4.69) is 33.8 Å². The summed E-state index contributed by atoms with van der Waals surface area (Å²) in [7, 11) is 3.58. The van der Waals surface area contributed by atoms with Crippen LogP contribution in [-0.2, 0) is 17.2 Å². The fraction of sp³-hybridized carbons (Fsp3) is 0.474. The Labute approximate surface area is 147 Å². The predicted molar refractivity (Wildman–Crippen MR) is 94.4 cm³/mol. The molecule has 0 saturated carbocycles. The summed E-state index contributed by atoms with van der Waals surface area (Å²) in [6.07, 6.45) is 5.20. The zero-order valence-corrected chi connectivity index (χ0v) is 14.7. The molecule has 1 saturated heterocycles. The maximum atomic E-state index is 12.8. The van der Waals surface area contributed by atoms with Gasteiger partial charge in [0.2, 0.25) is 0 Å². The van der Waals surface area contributed by atoms with E-state index in [-0.39, 0.29) is 23.5 Å². The number of nitrogens with zero attached hydrogens (tertiary/aromatic N) is 2. The maximum Gasteiger partial charge on any atom is 0.270 e. The first-order chi connectivity index (χ1) is 12.2. The van der Waals surface area contributed by atoms with Gasteiger partial charge in [0.15, 0.2) is 0 Å². The van der Waals surface area contributed by atoms with Crippen molar-refractivity contribution in [2.45, 2.75) is 30.4 Å². The van der Waals surface area contributed by atoms with Gasteiger partial charge in [-0.2, -0.15) is 0 Å². The first-order valence-corrected chi connectivity index (χ1v) is 8.77. The first-order valence-electron chi connectivity index (χ1n) is 8.77. The minimum atomic E-state index is -0.151. The highest BCUT2D eigenvalue weighted by Gasteiger charge is 2.53. The number of carbonyl (C=O) groups excluding carboxylic acids is 1. The van der Waals surface area contributed by atoms with Crippen molar-refractivity contribution in [3.63, 3.8) is 0 Å². The van der Waals surface area contributed by atoms with Crippen molar-refractivity contribution in [3.8, 4) is 0 Å². The molecule has 2 heterocycles. The van der Waals surface area contributed by atoms with Crippen molar-refractivity contribution in [2.75, 3.05) is 20.2 Å². The number of methoxy groups -OCH3 is 1. The fourth-order valence-corrected chi connectivity index (χ4v) is 4.59. The number of imidazole rings is 1. The lowest BCUT2D eigenvalue weighted by Crippen LogP contribution is -2.49. The molecule has 6 nitrogen and oxygen atoms in total. The molecule has 1 fully saturated rings. The summed E-state index contributed by atoms with van der Waals surface area (Å²) in [5, 5.41) is 6.65. The number of benzene rings is 1. The third-order valence-corrected chi connectivity index (χ3v) is 5.77. The lowest BCUT2D eigenvalue weighted by Gasteiger charge is -2.40. The molecule has 0 radical (unpaired) electrons. The highest BCUT2D eigenvalue weighted by Crippen LogP contribution is 2.51. The monoisotopic (exact) mass is 340 g/mol. The number of aryl methyl sites for hydroxylation is 1. The molecule has 2 aromatic rings. The van der Waals surface area contributed by atoms with Crippen molar-refractivity contribution in [3.05, 3.63) is 53.6 Å². The Balaban J connectivity index is 1.72. The molecule has 1 amide bonds. The summed E-state index contributed by atoms with van der Waals surface area (Å²) in [6.45, 7) is 1.94. The Bertz CT molecular complexity index is 779. The van der Waals surface area contributed by atoms with E-state index in [1.54, 1.807) is 24.2 Å². The van der Waals surface area contributed by atoms with Gasteiger partial charge in [0.1, 0.15) is 5.69 Å².